The van der Waals surface area contributed by atoms with Gasteiger partial charge < -0.3 is 14.0 Å². The number of thiazole rings is 1. The molecule has 4 rings (SSSR count). The Morgan fingerprint density at radius 1 is 1.25 bits per heavy atom. The van der Waals surface area contributed by atoms with Gasteiger partial charge in [-0.1, -0.05) is 41.1 Å². The Bertz CT molecular complexity index is 1010. The molecule has 5 nitrogen and oxygen atoms in total. The Hall–Kier alpha value is -2.31. The minimum Gasteiger partial charge on any atom is -0.485 e. The largest absolute Gasteiger partial charge is 0.485 e. The second-order valence-electron chi connectivity index (χ2n) is 5.34. The number of para-hydroxylation sites is 3. The smallest absolute Gasteiger partial charge is 0.292 e. The van der Waals surface area contributed by atoms with Crippen molar-refractivity contribution < 1.29 is 14.3 Å². The summed E-state index contributed by atoms with van der Waals surface area (Å²) in [6.07, 6.45) is -0.749. The number of ether oxygens (including phenoxy) is 2. The van der Waals surface area contributed by atoms with Crippen molar-refractivity contribution in [1.29, 1.82) is 0 Å². The van der Waals surface area contributed by atoms with E-state index in [-0.39, 0.29) is 12.5 Å². The highest BCUT2D eigenvalue weighted by molar-refractivity contribution is 7.16. The molecule has 0 aliphatic carbocycles. The Morgan fingerprint density at radius 2 is 2.04 bits per heavy atom. The third kappa shape index (κ3) is 2.57. The van der Waals surface area contributed by atoms with Gasteiger partial charge in [0.15, 0.2) is 16.3 Å². The molecular formula is C17H13ClN2O3S. The number of rotatable bonds is 1. The summed E-state index contributed by atoms with van der Waals surface area (Å²) in [6, 6.07) is 12.9. The topological polar surface area (TPSA) is 52.8 Å². The lowest BCUT2D eigenvalue weighted by Crippen LogP contribution is -2.36. The van der Waals surface area contributed by atoms with E-state index in [1.165, 1.54) is 11.3 Å². The van der Waals surface area contributed by atoms with Crippen molar-refractivity contribution in [2.24, 2.45) is 12.0 Å². The summed E-state index contributed by atoms with van der Waals surface area (Å²) in [6.45, 7) is 0.148. The molecule has 1 atom stereocenters. The molecule has 0 N–H and O–H groups in total. The van der Waals surface area contributed by atoms with Crippen LogP contribution >= 0.6 is 22.9 Å². The van der Waals surface area contributed by atoms with Crippen molar-refractivity contribution in [3.63, 3.8) is 0 Å². The highest BCUT2D eigenvalue weighted by Crippen LogP contribution is 2.31. The highest BCUT2D eigenvalue weighted by atomic mass is 35.5. The van der Waals surface area contributed by atoms with Crippen molar-refractivity contribution in [2.45, 2.75) is 6.10 Å². The first-order valence-corrected chi connectivity index (χ1v) is 8.54. The van der Waals surface area contributed by atoms with Gasteiger partial charge in [-0.25, -0.2) is 0 Å². The lowest BCUT2D eigenvalue weighted by atomic mass is 10.2. The predicted molar refractivity (Wildman–Crippen MR) is 92.7 cm³/mol. The zero-order valence-electron chi connectivity index (χ0n) is 12.7. The average Bonchev–Trinajstić information content (AvgIpc) is 2.91. The highest BCUT2D eigenvalue weighted by Gasteiger charge is 2.27. The molecule has 24 heavy (non-hydrogen) atoms. The molecule has 0 spiro atoms. The first-order chi connectivity index (χ1) is 11.6. The molecular weight excluding hydrogens is 348 g/mol. The minimum absolute atomic E-state index is 0.148. The van der Waals surface area contributed by atoms with Gasteiger partial charge in [-0.15, -0.1) is 0 Å². The average molecular weight is 361 g/mol. The van der Waals surface area contributed by atoms with Gasteiger partial charge in [-0.2, -0.15) is 4.99 Å². The van der Waals surface area contributed by atoms with Crippen molar-refractivity contribution in [2.75, 3.05) is 6.61 Å². The van der Waals surface area contributed by atoms with Crippen LogP contribution in [0.1, 0.15) is 0 Å². The number of amides is 1. The predicted octanol–water partition coefficient (Wildman–Crippen LogP) is 3.16. The number of aryl methyl sites for hydroxylation is 1. The summed E-state index contributed by atoms with van der Waals surface area (Å²) in [5, 5.41) is 0.631. The zero-order valence-corrected chi connectivity index (χ0v) is 14.3. The maximum absolute atomic E-state index is 12.5. The van der Waals surface area contributed by atoms with Crippen LogP contribution in [0, 0.1) is 0 Å². The fourth-order valence-electron chi connectivity index (χ4n) is 2.57. The van der Waals surface area contributed by atoms with Crippen molar-refractivity contribution in [3.05, 3.63) is 52.3 Å². The van der Waals surface area contributed by atoms with Crippen molar-refractivity contribution in [1.82, 2.24) is 4.57 Å². The third-order valence-corrected chi connectivity index (χ3v) is 5.17. The Morgan fingerprint density at radius 3 is 2.83 bits per heavy atom. The van der Waals surface area contributed by atoms with Gasteiger partial charge in [-0.05, 0) is 24.3 Å². The Labute approximate surface area is 146 Å². The van der Waals surface area contributed by atoms with E-state index in [1.54, 1.807) is 12.1 Å². The van der Waals surface area contributed by atoms with E-state index in [1.807, 2.05) is 41.9 Å². The third-order valence-electron chi connectivity index (χ3n) is 3.76. The molecule has 0 saturated heterocycles. The molecule has 1 amide bonds. The van der Waals surface area contributed by atoms with Crippen LogP contribution in [0.5, 0.6) is 11.5 Å². The second-order valence-corrected chi connectivity index (χ2v) is 6.76. The number of nitrogens with zero attached hydrogens (tertiary/aromatic N) is 2. The van der Waals surface area contributed by atoms with E-state index in [0.29, 0.717) is 21.3 Å². The fraction of sp³-hybridized carbons (Fsp3) is 0.176. The lowest BCUT2D eigenvalue weighted by Gasteiger charge is -2.23. The lowest BCUT2D eigenvalue weighted by molar-refractivity contribution is -0.127. The number of fused-ring (bicyclic) bond motifs is 2. The molecule has 2 heterocycles. The number of aromatic nitrogens is 1. The number of carbonyl (C=O) groups is 1. The molecule has 0 unspecified atom stereocenters. The minimum atomic E-state index is -0.749. The molecule has 1 aliphatic heterocycles. The van der Waals surface area contributed by atoms with E-state index < -0.39 is 6.10 Å². The maximum Gasteiger partial charge on any atom is 0.292 e. The second kappa shape index (κ2) is 5.96. The Kier molecular flexibility index (Phi) is 3.78. The first-order valence-electron chi connectivity index (χ1n) is 7.34. The van der Waals surface area contributed by atoms with Gasteiger partial charge in [0.1, 0.15) is 6.61 Å². The summed E-state index contributed by atoms with van der Waals surface area (Å²) < 4.78 is 14.1. The molecule has 0 bridgehead atoms. The number of hydrogen-bond acceptors (Lipinski definition) is 4. The van der Waals surface area contributed by atoms with Crippen LogP contribution in [0.25, 0.3) is 10.2 Å². The monoisotopic (exact) mass is 360 g/mol. The normalized spacial score (nSPS) is 17.2. The van der Waals surface area contributed by atoms with Gasteiger partial charge in [0.25, 0.3) is 5.91 Å². The molecule has 3 aromatic rings. The van der Waals surface area contributed by atoms with E-state index in [0.717, 1.165) is 10.2 Å². The summed E-state index contributed by atoms with van der Waals surface area (Å²) in [4.78, 5) is 17.3. The molecule has 2 aromatic carbocycles. The van der Waals surface area contributed by atoms with Crippen LogP contribution in [-0.2, 0) is 11.8 Å². The zero-order chi connectivity index (χ0) is 16.7. The quantitative estimate of drug-likeness (QED) is 0.669. The molecule has 122 valence electrons. The molecule has 0 saturated carbocycles. The number of carbonyl (C=O) groups excluding carboxylic acids is 1. The van der Waals surface area contributed by atoms with E-state index in [4.69, 9.17) is 21.1 Å². The molecule has 7 heteroatoms. The van der Waals surface area contributed by atoms with Crippen molar-refractivity contribution >= 4 is 39.1 Å². The Balaban J connectivity index is 1.68. The summed E-state index contributed by atoms with van der Waals surface area (Å²) in [5.41, 5.74) is 0.863. The molecule has 0 fully saturated rings. The van der Waals surface area contributed by atoms with E-state index in [9.17, 15) is 4.79 Å². The summed E-state index contributed by atoms with van der Waals surface area (Å²) in [5.74, 6) is 0.824. The number of benzene rings is 2. The maximum atomic E-state index is 12.5. The summed E-state index contributed by atoms with van der Waals surface area (Å²) >= 11 is 7.64. The number of halogens is 1. The van der Waals surface area contributed by atoms with Crippen LogP contribution in [0.2, 0.25) is 5.02 Å². The van der Waals surface area contributed by atoms with Crippen LogP contribution < -0.4 is 14.3 Å². The van der Waals surface area contributed by atoms with Gasteiger partial charge in [0.2, 0.25) is 6.10 Å². The fourth-order valence-corrected chi connectivity index (χ4v) is 3.98. The molecule has 1 aliphatic rings. The molecule has 0 radical (unpaired) electrons. The van der Waals surface area contributed by atoms with Crippen LogP contribution in [0.15, 0.2) is 47.5 Å². The summed E-state index contributed by atoms with van der Waals surface area (Å²) in [7, 11) is 1.84. The van der Waals surface area contributed by atoms with Gasteiger partial charge in [-0.3, -0.25) is 4.79 Å². The van der Waals surface area contributed by atoms with Gasteiger partial charge in [0.05, 0.1) is 15.2 Å². The molecule has 1 aromatic heterocycles. The van der Waals surface area contributed by atoms with Crippen LogP contribution in [0.3, 0.4) is 0 Å². The van der Waals surface area contributed by atoms with E-state index in [2.05, 4.69) is 4.99 Å². The van der Waals surface area contributed by atoms with E-state index >= 15 is 0 Å². The van der Waals surface area contributed by atoms with Crippen LogP contribution in [0.4, 0.5) is 0 Å². The number of hydrogen-bond donors (Lipinski definition) is 0. The standard InChI is InChI=1S/C17H13ClN2O3S/c1-20-15-10(18)5-4-8-14(15)24-17(20)19-16(21)13-9-22-11-6-2-3-7-12(11)23-13/h2-8,13H,9H2,1H3/t13-/m1/s1. The van der Waals surface area contributed by atoms with Crippen LogP contribution in [-0.4, -0.2) is 23.2 Å². The van der Waals surface area contributed by atoms with Gasteiger partial charge >= 0.3 is 0 Å². The SMILES string of the molecule is Cn1c(=NC(=O)[C@H]2COc3ccccc3O2)sc2cccc(Cl)c21. The van der Waals surface area contributed by atoms with Crippen molar-refractivity contribution in [3.8, 4) is 11.5 Å². The van der Waals surface area contributed by atoms with Gasteiger partial charge in [0, 0.05) is 7.05 Å². The first kappa shape index (κ1) is 15.2.